The molecule has 0 spiro atoms. The van der Waals surface area contributed by atoms with E-state index in [0.29, 0.717) is 43.5 Å². The molecule has 160 valence electrons. The standard InChI is InChI=1S/C23H30N4O3/c1-29-20-9-8-17(14-21(20)30-2)10-11-25-23(24)26-15-18-5-3-6-19(13-18)16-27-12-4-7-22(27)28/h3,5-6,8-9,13-14H,4,7,10-12,15-16H2,1-2H3,(H3,24,25,26). The molecule has 0 aliphatic carbocycles. The largest absolute Gasteiger partial charge is 0.493 e. The normalized spacial score (nSPS) is 14.1. The number of nitrogens with zero attached hydrogens (tertiary/aromatic N) is 2. The first-order chi connectivity index (χ1) is 14.6. The summed E-state index contributed by atoms with van der Waals surface area (Å²) in [5.74, 6) is 2.08. The van der Waals surface area contributed by atoms with E-state index >= 15 is 0 Å². The van der Waals surface area contributed by atoms with E-state index in [-0.39, 0.29) is 5.91 Å². The van der Waals surface area contributed by atoms with Crippen LogP contribution in [0.4, 0.5) is 0 Å². The molecular formula is C23H30N4O3. The number of likely N-dealkylation sites (tertiary alicyclic amines) is 1. The van der Waals surface area contributed by atoms with E-state index < -0.39 is 0 Å². The highest BCUT2D eigenvalue weighted by molar-refractivity contribution is 5.78. The van der Waals surface area contributed by atoms with Gasteiger partial charge in [0.05, 0.1) is 20.8 Å². The van der Waals surface area contributed by atoms with Crippen molar-refractivity contribution in [1.82, 2.24) is 10.2 Å². The second-order valence-electron chi connectivity index (χ2n) is 7.31. The maximum absolute atomic E-state index is 11.8. The first-order valence-corrected chi connectivity index (χ1v) is 10.2. The highest BCUT2D eigenvalue weighted by atomic mass is 16.5. The number of benzene rings is 2. The number of methoxy groups -OCH3 is 2. The average Bonchev–Trinajstić information content (AvgIpc) is 3.16. The minimum Gasteiger partial charge on any atom is -0.493 e. The van der Waals surface area contributed by atoms with Crippen molar-refractivity contribution in [2.75, 3.05) is 27.3 Å². The molecule has 3 N–H and O–H groups in total. The van der Waals surface area contributed by atoms with Crippen LogP contribution in [0.25, 0.3) is 0 Å². The predicted octanol–water partition coefficient (Wildman–Crippen LogP) is 2.47. The summed E-state index contributed by atoms with van der Waals surface area (Å²) < 4.78 is 10.6. The molecule has 0 saturated carbocycles. The second-order valence-corrected chi connectivity index (χ2v) is 7.31. The van der Waals surface area contributed by atoms with E-state index in [1.807, 2.05) is 41.3 Å². The van der Waals surface area contributed by atoms with Crippen LogP contribution in [-0.2, 0) is 24.3 Å². The van der Waals surface area contributed by atoms with Gasteiger partial charge in [0.1, 0.15) is 0 Å². The number of hydrogen-bond acceptors (Lipinski definition) is 4. The van der Waals surface area contributed by atoms with Crippen molar-refractivity contribution in [3.63, 3.8) is 0 Å². The van der Waals surface area contributed by atoms with Gasteiger partial charge in [-0.2, -0.15) is 0 Å². The predicted molar refractivity (Wildman–Crippen MR) is 118 cm³/mol. The zero-order chi connectivity index (χ0) is 21.3. The summed E-state index contributed by atoms with van der Waals surface area (Å²) in [6, 6.07) is 14.0. The lowest BCUT2D eigenvalue weighted by Gasteiger charge is -2.15. The van der Waals surface area contributed by atoms with Gasteiger partial charge in [-0.1, -0.05) is 30.3 Å². The highest BCUT2D eigenvalue weighted by Gasteiger charge is 2.19. The molecule has 1 amide bonds. The van der Waals surface area contributed by atoms with Crippen LogP contribution in [0, 0.1) is 0 Å². The molecule has 1 aliphatic heterocycles. The summed E-state index contributed by atoms with van der Waals surface area (Å²) in [5, 5.41) is 3.15. The van der Waals surface area contributed by atoms with Crippen molar-refractivity contribution in [3.05, 3.63) is 59.2 Å². The number of nitrogens with one attached hydrogen (secondary N) is 1. The molecule has 0 bridgehead atoms. The van der Waals surface area contributed by atoms with Gasteiger partial charge >= 0.3 is 0 Å². The fraction of sp³-hybridized carbons (Fsp3) is 0.391. The molecule has 2 aromatic carbocycles. The molecule has 30 heavy (non-hydrogen) atoms. The van der Waals surface area contributed by atoms with E-state index in [1.54, 1.807) is 14.2 Å². The number of aliphatic imine (C=N–C) groups is 1. The Labute approximate surface area is 177 Å². The molecule has 0 radical (unpaired) electrons. The van der Waals surface area contributed by atoms with Gasteiger partial charge in [0.15, 0.2) is 17.5 Å². The Hall–Kier alpha value is -3.22. The van der Waals surface area contributed by atoms with Crippen LogP contribution < -0.4 is 20.5 Å². The Kier molecular flexibility index (Phi) is 7.54. The zero-order valence-corrected chi connectivity index (χ0v) is 17.7. The van der Waals surface area contributed by atoms with Crippen LogP contribution in [0.5, 0.6) is 11.5 Å². The SMILES string of the molecule is COc1ccc(CCNC(N)=NCc2cccc(CN3CCCC3=O)c2)cc1OC. The van der Waals surface area contributed by atoms with Crippen LogP contribution in [0.15, 0.2) is 47.5 Å². The van der Waals surface area contributed by atoms with Crippen LogP contribution in [0.3, 0.4) is 0 Å². The Morgan fingerprint density at radius 1 is 1.10 bits per heavy atom. The summed E-state index contributed by atoms with van der Waals surface area (Å²) in [6.07, 6.45) is 2.40. The van der Waals surface area contributed by atoms with Crippen molar-refractivity contribution in [2.45, 2.75) is 32.4 Å². The second kappa shape index (κ2) is 10.5. The van der Waals surface area contributed by atoms with Gasteiger partial charge < -0.3 is 25.4 Å². The highest BCUT2D eigenvalue weighted by Crippen LogP contribution is 2.27. The number of amides is 1. The van der Waals surface area contributed by atoms with Crippen LogP contribution in [0.2, 0.25) is 0 Å². The first-order valence-electron chi connectivity index (χ1n) is 10.2. The van der Waals surface area contributed by atoms with Crippen LogP contribution >= 0.6 is 0 Å². The number of hydrogen-bond donors (Lipinski definition) is 2. The van der Waals surface area contributed by atoms with Crippen LogP contribution in [0.1, 0.15) is 29.5 Å². The van der Waals surface area contributed by atoms with Crippen molar-refractivity contribution in [1.29, 1.82) is 0 Å². The molecule has 1 aliphatic rings. The Bertz CT molecular complexity index is 898. The number of ether oxygens (including phenoxy) is 2. The van der Waals surface area contributed by atoms with E-state index in [2.05, 4.69) is 16.4 Å². The molecule has 0 aromatic heterocycles. The summed E-state index contributed by atoms with van der Waals surface area (Å²) in [7, 11) is 3.25. The average molecular weight is 411 g/mol. The summed E-state index contributed by atoms with van der Waals surface area (Å²) >= 11 is 0. The zero-order valence-electron chi connectivity index (χ0n) is 17.7. The quantitative estimate of drug-likeness (QED) is 0.490. The maximum atomic E-state index is 11.8. The van der Waals surface area contributed by atoms with Gasteiger partial charge in [0.25, 0.3) is 0 Å². The number of rotatable bonds is 9. The van der Waals surface area contributed by atoms with Gasteiger partial charge in [-0.25, -0.2) is 4.99 Å². The van der Waals surface area contributed by atoms with E-state index in [0.717, 1.165) is 36.1 Å². The molecule has 1 saturated heterocycles. The molecule has 0 unspecified atom stereocenters. The minimum absolute atomic E-state index is 0.237. The van der Waals surface area contributed by atoms with E-state index in [9.17, 15) is 4.79 Å². The summed E-state index contributed by atoms with van der Waals surface area (Å²) in [4.78, 5) is 18.2. The maximum Gasteiger partial charge on any atom is 0.222 e. The number of nitrogens with two attached hydrogens (primary N) is 1. The molecule has 7 nitrogen and oxygen atoms in total. The molecule has 3 rings (SSSR count). The Morgan fingerprint density at radius 3 is 2.63 bits per heavy atom. The molecule has 2 aromatic rings. The number of carbonyl (C=O) groups excluding carboxylic acids is 1. The minimum atomic E-state index is 0.237. The smallest absolute Gasteiger partial charge is 0.222 e. The van der Waals surface area contributed by atoms with E-state index in [4.69, 9.17) is 15.2 Å². The van der Waals surface area contributed by atoms with Gasteiger partial charge in [-0.05, 0) is 41.7 Å². The fourth-order valence-corrected chi connectivity index (χ4v) is 3.52. The third-order valence-corrected chi connectivity index (χ3v) is 5.14. The molecular weight excluding hydrogens is 380 g/mol. The van der Waals surface area contributed by atoms with Gasteiger partial charge in [0, 0.05) is 26.1 Å². The van der Waals surface area contributed by atoms with Crippen molar-refractivity contribution in [2.24, 2.45) is 10.7 Å². The molecule has 7 heteroatoms. The first kappa shape index (κ1) is 21.5. The van der Waals surface area contributed by atoms with Crippen molar-refractivity contribution < 1.29 is 14.3 Å². The van der Waals surface area contributed by atoms with Crippen molar-refractivity contribution in [3.8, 4) is 11.5 Å². The lowest BCUT2D eigenvalue weighted by molar-refractivity contribution is -0.128. The van der Waals surface area contributed by atoms with Gasteiger partial charge in [0.2, 0.25) is 5.91 Å². The number of guanidine groups is 1. The van der Waals surface area contributed by atoms with Gasteiger partial charge in [-0.15, -0.1) is 0 Å². The third kappa shape index (κ3) is 5.89. The fourth-order valence-electron chi connectivity index (χ4n) is 3.52. The number of carbonyl (C=O) groups is 1. The van der Waals surface area contributed by atoms with Gasteiger partial charge in [-0.3, -0.25) is 4.79 Å². The lowest BCUT2D eigenvalue weighted by Crippen LogP contribution is -2.33. The molecule has 1 heterocycles. The summed E-state index contributed by atoms with van der Waals surface area (Å²) in [6.45, 7) is 2.67. The topological polar surface area (TPSA) is 89.2 Å². The van der Waals surface area contributed by atoms with Crippen molar-refractivity contribution >= 4 is 11.9 Å². The van der Waals surface area contributed by atoms with E-state index in [1.165, 1.54) is 0 Å². The monoisotopic (exact) mass is 410 g/mol. The Balaban J connectivity index is 1.48. The third-order valence-electron chi connectivity index (χ3n) is 5.14. The van der Waals surface area contributed by atoms with Crippen LogP contribution in [-0.4, -0.2) is 44.1 Å². The molecule has 0 atom stereocenters. The molecule has 1 fully saturated rings. The lowest BCUT2D eigenvalue weighted by atomic mass is 10.1. The summed E-state index contributed by atoms with van der Waals surface area (Å²) in [5.41, 5.74) is 9.34. The Morgan fingerprint density at radius 2 is 1.90 bits per heavy atom.